The first-order valence-electron chi connectivity index (χ1n) is 4.53. The van der Waals surface area contributed by atoms with E-state index in [1.807, 2.05) is 0 Å². The van der Waals surface area contributed by atoms with Crippen molar-refractivity contribution in [2.75, 3.05) is 6.79 Å². The Morgan fingerprint density at radius 1 is 0.923 bits per heavy atom. The summed E-state index contributed by atoms with van der Waals surface area (Å²) in [5, 5.41) is 18.9. The van der Waals surface area contributed by atoms with Gasteiger partial charge in [-0.05, 0) is 0 Å². The fourth-order valence-electron chi connectivity index (χ4n) is 1.76. The Labute approximate surface area is 76.8 Å². The van der Waals surface area contributed by atoms with Crippen molar-refractivity contribution in [1.29, 1.82) is 0 Å². The third kappa shape index (κ3) is 2.08. The molecule has 2 rings (SSSR count). The highest BCUT2D eigenvalue weighted by atomic mass is 16.7. The van der Waals surface area contributed by atoms with Crippen LogP contribution < -0.4 is 0 Å². The van der Waals surface area contributed by atoms with Gasteiger partial charge >= 0.3 is 0 Å². The minimum atomic E-state index is -0.538. The van der Waals surface area contributed by atoms with Gasteiger partial charge in [0.15, 0.2) is 0 Å². The van der Waals surface area contributed by atoms with Crippen LogP contribution in [0.2, 0.25) is 0 Å². The van der Waals surface area contributed by atoms with Crippen LogP contribution in [0.4, 0.5) is 0 Å². The van der Waals surface area contributed by atoms with E-state index in [4.69, 9.17) is 9.47 Å². The molecule has 0 aromatic carbocycles. The largest absolute Gasteiger partial charge is 0.389 e. The number of fused-ring (bicyclic) bond motifs is 1. The zero-order valence-corrected chi connectivity index (χ0v) is 7.30. The molecular weight excluding hydrogens is 172 g/mol. The Balaban J connectivity index is 2.07. The van der Waals surface area contributed by atoms with Crippen molar-refractivity contribution in [3.63, 3.8) is 0 Å². The summed E-state index contributed by atoms with van der Waals surface area (Å²) in [6, 6.07) is 0. The van der Waals surface area contributed by atoms with Crippen LogP contribution in [0.5, 0.6) is 0 Å². The van der Waals surface area contributed by atoms with E-state index in [1.54, 1.807) is 12.2 Å². The van der Waals surface area contributed by atoms with E-state index in [1.165, 1.54) is 0 Å². The van der Waals surface area contributed by atoms with Gasteiger partial charge in [-0.15, -0.1) is 0 Å². The van der Waals surface area contributed by atoms with Gasteiger partial charge < -0.3 is 19.7 Å². The molecule has 0 aromatic rings. The molecule has 1 fully saturated rings. The summed E-state index contributed by atoms with van der Waals surface area (Å²) in [6.07, 6.45) is 3.10. The van der Waals surface area contributed by atoms with Gasteiger partial charge in [-0.3, -0.25) is 0 Å². The molecule has 1 aliphatic carbocycles. The highest BCUT2D eigenvalue weighted by molar-refractivity contribution is 4.99. The maximum absolute atomic E-state index is 9.45. The van der Waals surface area contributed by atoms with E-state index in [2.05, 4.69) is 0 Å². The Bertz CT molecular complexity index is 184. The van der Waals surface area contributed by atoms with Crippen LogP contribution in [0.15, 0.2) is 12.2 Å². The molecule has 1 heterocycles. The summed E-state index contributed by atoms with van der Waals surface area (Å²) in [5.41, 5.74) is 0. The van der Waals surface area contributed by atoms with E-state index in [0.717, 1.165) is 0 Å². The van der Waals surface area contributed by atoms with Crippen molar-refractivity contribution in [3.05, 3.63) is 12.2 Å². The summed E-state index contributed by atoms with van der Waals surface area (Å²) in [5.74, 6) is 0. The van der Waals surface area contributed by atoms with Crippen molar-refractivity contribution < 1.29 is 19.7 Å². The second-order valence-corrected chi connectivity index (χ2v) is 3.52. The number of ether oxygens (including phenoxy) is 2. The van der Waals surface area contributed by atoms with Crippen molar-refractivity contribution in [2.45, 2.75) is 37.3 Å². The van der Waals surface area contributed by atoms with Gasteiger partial charge in [0.1, 0.15) is 6.79 Å². The first-order valence-corrected chi connectivity index (χ1v) is 4.53. The summed E-state index contributed by atoms with van der Waals surface area (Å²) in [7, 11) is 0. The van der Waals surface area contributed by atoms with E-state index in [9.17, 15) is 10.2 Å². The lowest BCUT2D eigenvalue weighted by Crippen LogP contribution is -2.31. The number of aliphatic hydroxyl groups is 2. The molecule has 4 atom stereocenters. The third-order valence-corrected chi connectivity index (χ3v) is 2.48. The second kappa shape index (κ2) is 3.75. The van der Waals surface area contributed by atoms with Gasteiger partial charge in [0, 0.05) is 12.8 Å². The second-order valence-electron chi connectivity index (χ2n) is 3.52. The predicted molar refractivity (Wildman–Crippen MR) is 45.0 cm³/mol. The molecular formula is C9H14O4. The van der Waals surface area contributed by atoms with Gasteiger partial charge in [0.2, 0.25) is 0 Å². The smallest absolute Gasteiger partial charge is 0.147 e. The van der Waals surface area contributed by atoms with Crippen molar-refractivity contribution in [1.82, 2.24) is 0 Å². The Morgan fingerprint density at radius 3 is 1.85 bits per heavy atom. The normalized spacial score (nSPS) is 47.8. The Morgan fingerprint density at radius 2 is 1.38 bits per heavy atom. The molecule has 0 aromatic heterocycles. The quantitative estimate of drug-likeness (QED) is 0.514. The summed E-state index contributed by atoms with van der Waals surface area (Å²) >= 11 is 0. The zero-order valence-electron chi connectivity index (χ0n) is 7.30. The third-order valence-electron chi connectivity index (χ3n) is 2.48. The minimum absolute atomic E-state index is 0.0744. The van der Waals surface area contributed by atoms with Crippen LogP contribution in [0.25, 0.3) is 0 Å². The Hall–Kier alpha value is -0.420. The maximum atomic E-state index is 9.45. The Kier molecular flexibility index (Phi) is 2.64. The van der Waals surface area contributed by atoms with Crippen molar-refractivity contribution >= 4 is 0 Å². The molecule has 0 radical (unpaired) electrons. The lowest BCUT2D eigenvalue weighted by molar-refractivity contribution is 0.0290. The molecule has 0 spiro atoms. The minimum Gasteiger partial charge on any atom is -0.389 e. The number of aliphatic hydroxyl groups excluding tert-OH is 2. The number of hydrogen-bond donors (Lipinski definition) is 2. The lowest BCUT2D eigenvalue weighted by atomic mass is 9.97. The first kappa shape index (κ1) is 9.15. The molecule has 74 valence electrons. The predicted octanol–water partition coefficient (Wildman–Crippen LogP) is -0.200. The maximum Gasteiger partial charge on any atom is 0.147 e. The van der Waals surface area contributed by atoms with E-state index >= 15 is 0 Å². The zero-order chi connectivity index (χ0) is 9.26. The molecule has 4 nitrogen and oxygen atoms in total. The van der Waals surface area contributed by atoms with Crippen molar-refractivity contribution in [3.8, 4) is 0 Å². The highest BCUT2D eigenvalue weighted by Gasteiger charge is 2.32. The van der Waals surface area contributed by atoms with Gasteiger partial charge in [-0.25, -0.2) is 0 Å². The molecule has 0 bridgehead atoms. The van der Waals surface area contributed by atoms with Crippen LogP contribution in [0.3, 0.4) is 0 Å². The number of hydrogen-bond acceptors (Lipinski definition) is 4. The summed E-state index contributed by atoms with van der Waals surface area (Å²) in [6.45, 7) is 0.273. The SMILES string of the molecule is OC1/C=C/C(O)CC2OCOC2C1. The number of rotatable bonds is 0. The van der Waals surface area contributed by atoms with Gasteiger partial charge in [0.25, 0.3) is 0 Å². The highest BCUT2D eigenvalue weighted by Crippen LogP contribution is 2.24. The topological polar surface area (TPSA) is 58.9 Å². The molecule has 1 saturated heterocycles. The molecule has 2 aliphatic rings. The lowest BCUT2D eigenvalue weighted by Gasteiger charge is -2.22. The van der Waals surface area contributed by atoms with Crippen LogP contribution in [-0.2, 0) is 9.47 Å². The fourth-order valence-corrected chi connectivity index (χ4v) is 1.76. The summed E-state index contributed by atoms with van der Waals surface area (Å²) < 4.78 is 10.6. The van der Waals surface area contributed by atoms with E-state index < -0.39 is 12.2 Å². The van der Waals surface area contributed by atoms with E-state index in [-0.39, 0.29) is 19.0 Å². The molecule has 0 saturated carbocycles. The molecule has 0 amide bonds. The first-order chi connectivity index (χ1) is 6.25. The van der Waals surface area contributed by atoms with Gasteiger partial charge in [0.05, 0.1) is 24.4 Å². The van der Waals surface area contributed by atoms with Gasteiger partial charge in [-0.2, -0.15) is 0 Å². The van der Waals surface area contributed by atoms with Crippen LogP contribution in [0.1, 0.15) is 12.8 Å². The fraction of sp³-hybridized carbons (Fsp3) is 0.778. The molecule has 2 N–H and O–H groups in total. The summed E-state index contributed by atoms with van der Waals surface area (Å²) in [4.78, 5) is 0. The average molecular weight is 186 g/mol. The van der Waals surface area contributed by atoms with Gasteiger partial charge in [-0.1, -0.05) is 12.2 Å². The molecule has 13 heavy (non-hydrogen) atoms. The van der Waals surface area contributed by atoms with Crippen LogP contribution in [0, 0.1) is 0 Å². The average Bonchev–Trinajstić information content (AvgIpc) is 2.47. The van der Waals surface area contributed by atoms with Crippen molar-refractivity contribution in [2.24, 2.45) is 0 Å². The van der Waals surface area contributed by atoms with Crippen LogP contribution in [-0.4, -0.2) is 41.4 Å². The molecule has 1 aliphatic heterocycles. The standard InChI is InChI=1S/C9H14O4/c10-6-1-2-7(11)4-9-8(3-6)12-5-13-9/h1-2,6-11H,3-5H2/b2-1+. The molecule has 4 heteroatoms. The monoisotopic (exact) mass is 186 g/mol. The van der Waals surface area contributed by atoms with E-state index in [0.29, 0.717) is 12.8 Å². The van der Waals surface area contributed by atoms with Crippen LogP contribution >= 0.6 is 0 Å². The molecule has 4 unspecified atom stereocenters.